The first-order chi connectivity index (χ1) is 9.47. The van der Waals surface area contributed by atoms with Crippen LogP contribution in [-0.4, -0.2) is 40.7 Å². The zero-order valence-corrected chi connectivity index (χ0v) is 13.0. The number of thioether (sulfide) groups is 1. The highest BCUT2D eigenvalue weighted by Gasteiger charge is 2.46. The summed E-state index contributed by atoms with van der Waals surface area (Å²) in [5.74, 6) is -0.817. The lowest BCUT2D eigenvalue weighted by molar-refractivity contribution is -0.148. The fourth-order valence-corrected chi connectivity index (χ4v) is 4.33. The zero-order chi connectivity index (χ0) is 14.8. The number of hydrogen-bond acceptors (Lipinski definition) is 3. The van der Waals surface area contributed by atoms with Crippen molar-refractivity contribution in [2.75, 3.05) is 6.26 Å². The summed E-state index contributed by atoms with van der Waals surface area (Å²) < 4.78 is 0. The third kappa shape index (κ3) is 3.05. The van der Waals surface area contributed by atoms with Crippen LogP contribution in [0.1, 0.15) is 45.4 Å². The van der Waals surface area contributed by atoms with E-state index in [2.05, 4.69) is 16.9 Å². The van der Waals surface area contributed by atoms with Crippen molar-refractivity contribution in [1.29, 1.82) is 0 Å². The lowest BCUT2D eigenvalue weighted by atomic mass is 9.85. The molecular weight excluding hydrogens is 276 g/mol. The van der Waals surface area contributed by atoms with Gasteiger partial charge >= 0.3 is 12.0 Å². The first kappa shape index (κ1) is 15.5. The molecule has 4 unspecified atom stereocenters. The van der Waals surface area contributed by atoms with Crippen molar-refractivity contribution in [2.24, 2.45) is 5.41 Å². The minimum absolute atomic E-state index is 0.211. The molecule has 0 radical (unpaired) electrons. The van der Waals surface area contributed by atoms with Crippen LogP contribution in [-0.2, 0) is 4.79 Å². The minimum Gasteiger partial charge on any atom is -0.481 e. The fourth-order valence-electron chi connectivity index (χ4n) is 3.40. The summed E-state index contributed by atoms with van der Waals surface area (Å²) in [4.78, 5) is 23.5. The van der Waals surface area contributed by atoms with Crippen molar-refractivity contribution in [3.05, 3.63) is 0 Å². The quantitative estimate of drug-likeness (QED) is 0.744. The molecule has 2 aliphatic rings. The van der Waals surface area contributed by atoms with Gasteiger partial charge in [-0.05, 0) is 38.9 Å². The lowest BCUT2D eigenvalue weighted by Crippen LogP contribution is -2.52. The molecule has 114 valence electrons. The number of carboxylic acids is 1. The Morgan fingerprint density at radius 1 is 1.20 bits per heavy atom. The Morgan fingerprint density at radius 3 is 2.60 bits per heavy atom. The first-order valence-electron chi connectivity index (χ1n) is 7.30. The zero-order valence-electron chi connectivity index (χ0n) is 12.1. The Balaban J connectivity index is 1.90. The van der Waals surface area contributed by atoms with E-state index in [1.165, 1.54) is 0 Å². The van der Waals surface area contributed by atoms with Gasteiger partial charge in [0.1, 0.15) is 0 Å². The van der Waals surface area contributed by atoms with E-state index >= 15 is 0 Å². The Hall–Kier alpha value is -0.910. The van der Waals surface area contributed by atoms with Gasteiger partial charge in [-0.25, -0.2) is 4.79 Å². The number of carbonyl (C=O) groups excluding carboxylic acids is 1. The molecule has 3 N–H and O–H groups in total. The van der Waals surface area contributed by atoms with Gasteiger partial charge in [0.2, 0.25) is 0 Å². The molecule has 2 aliphatic carbocycles. The molecule has 6 heteroatoms. The summed E-state index contributed by atoms with van der Waals surface area (Å²) in [5, 5.41) is 15.7. The van der Waals surface area contributed by atoms with E-state index in [4.69, 9.17) is 0 Å². The largest absolute Gasteiger partial charge is 0.481 e. The van der Waals surface area contributed by atoms with E-state index in [1.807, 2.05) is 0 Å². The second-order valence-electron chi connectivity index (χ2n) is 6.10. The molecule has 5 nitrogen and oxygen atoms in total. The number of aliphatic carboxylic acids is 1. The number of nitrogens with one attached hydrogen (secondary N) is 2. The molecule has 0 bridgehead atoms. The molecule has 0 aliphatic heterocycles. The SMILES string of the molecule is CSC1CCCC1NC(=O)NC1CCCC1(C)C(=O)O. The smallest absolute Gasteiger partial charge is 0.315 e. The molecule has 2 amide bonds. The van der Waals surface area contributed by atoms with Crippen LogP contribution in [0.15, 0.2) is 0 Å². The summed E-state index contributed by atoms with van der Waals surface area (Å²) in [6.45, 7) is 1.73. The molecule has 2 fully saturated rings. The predicted octanol–water partition coefficient (Wildman–Crippen LogP) is 2.21. The maximum atomic E-state index is 12.1. The Kier molecular flexibility index (Phi) is 4.83. The fraction of sp³-hybridized carbons (Fsp3) is 0.857. The van der Waals surface area contributed by atoms with E-state index in [1.54, 1.807) is 18.7 Å². The highest BCUT2D eigenvalue weighted by atomic mass is 32.2. The van der Waals surface area contributed by atoms with E-state index in [0.717, 1.165) is 32.1 Å². The van der Waals surface area contributed by atoms with Gasteiger partial charge in [-0.1, -0.05) is 12.8 Å². The second-order valence-corrected chi connectivity index (χ2v) is 7.17. The summed E-state index contributed by atoms with van der Waals surface area (Å²) in [6.07, 6.45) is 7.59. The van der Waals surface area contributed by atoms with Crippen molar-refractivity contribution in [2.45, 2.75) is 62.8 Å². The monoisotopic (exact) mass is 300 g/mol. The normalized spacial score (nSPS) is 36.8. The Morgan fingerprint density at radius 2 is 1.95 bits per heavy atom. The molecule has 0 aromatic carbocycles. The van der Waals surface area contributed by atoms with Crippen LogP contribution >= 0.6 is 11.8 Å². The van der Waals surface area contributed by atoms with E-state index in [9.17, 15) is 14.7 Å². The summed E-state index contributed by atoms with van der Waals surface area (Å²) in [7, 11) is 0. The molecule has 0 aromatic heterocycles. The molecule has 0 spiro atoms. The van der Waals surface area contributed by atoms with Gasteiger partial charge in [-0.2, -0.15) is 11.8 Å². The molecule has 2 saturated carbocycles. The number of urea groups is 1. The maximum Gasteiger partial charge on any atom is 0.315 e. The van der Waals surface area contributed by atoms with Gasteiger partial charge in [0.15, 0.2) is 0 Å². The number of rotatable bonds is 4. The number of hydrogen-bond donors (Lipinski definition) is 3. The van der Waals surface area contributed by atoms with E-state index in [0.29, 0.717) is 11.7 Å². The van der Waals surface area contributed by atoms with Crippen LogP contribution in [0.5, 0.6) is 0 Å². The molecule has 2 rings (SSSR count). The second kappa shape index (κ2) is 6.24. The summed E-state index contributed by atoms with van der Waals surface area (Å²) in [5.41, 5.74) is -0.827. The number of amides is 2. The van der Waals surface area contributed by atoms with Crippen molar-refractivity contribution in [1.82, 2.24) is 10.6 Å². The highest BCUT2D eigenvalue weighted by Crippen LogP contribution is 2.38. The number of carbonyl (C=O) groups is 2. The van der Waals surface area contributed by atoms with Crippen molar-refractivity contribution in [3.63, 3.8) is 0 Å². The van der Waals surface area contributed by atoms with Gasteiger partial charge in [-0.15, -0.1) is 0 Å². The third-order valence-corrected chi connectivity index (χ3v) is 5.99. The third-order valence-electron chi connectivity index (χ3n) is 4.82. The molecule has 20 heavy (non-hydrogen) atoms. The lowest BCUT2D eigenvalue weighted by Gasteiger charge is -2.29. The van der Waals surface area contributed by atoms with E-state index in [-0.39, 0.29) is 18.1 Å². The standard InChI is InChI=1S/C14H24N2O3S/c1-14(12(17)18)8-4-7-11(14)16-13(19)15-9-5-3-6-10(9)20-2/h9-11H,3-8H2,1-2H3,(H,17,18)(H2,15,16,19). The molecule has 4 atom stereocenters. The van der Waals surface area contributed by atoms with Crippen LogP contribution in [0.4, 0.5) is 4.79 Å². The predicted molar refractivity (Wildman–Crippen MR) is 80.0 cm³/mol. The molecular formula is C14H24N2O3S. The van der Waals surface area contributed by atoms with Gasteiger partial charge in [-0.3, -0.25) is 4.79 Å². The first-order valence-corrected chi connectivity index (χ1v) is 8.59. The van der Waals surface area contributed by atoms with Gasteiger partial charge in [0.25, 0.3) is 0 Å². The maximum absolute atomic E-state index is 12.1. The van der Waals surface area contributed by atoms with Crippen LogP contribution in [0, 0.1) is 5.41 Å². The van der Waals surface area contributed by atoms with Crippen LogP contribution < -0.4 is 10.6 Å². The van der Waals surface area contributed by atoms with Crippen molar-refractivity contribution in [3.8, 4) is 0 Å². The Bertz CT molecular complexity index is 391. The number of carboxylic acid groups (broad SMARTS) is 1. The minimum atomic E-state index is -0.827. The highest BCUT2D eigenvalue weighted by molar-refractivity contribution is 7.99. The summed E-state index contributed by atoms with van der Waals surface area (Å²) in [6, 6.07) is -0.271. The average Bonchev–Trinajstić information content (AvgIpc) is 2.98. The average molecular weight is 300 g/mol. The molecule has 0 aromatic rings. The van der Waals surface area contributed by atoms with Crippen molar-refractivity contribution >= 4 is 23.8 Å². The van der Waals surface area contributed by atoms with Gasteiger partial charge in [0.05, 0.1) is 5.41 Å². The molecule has 0 saturated heterocycles. The topological polar surface area (TPSA) is 78.4 Å². The Labute approximate surface area is 124 Å². The van der Waals surface area contributed by atoms with Gasteiger partial charge in [0, 0.05) is 17.3 Å². The van der Waals surface area contributed by atoms with Crippen LogP contribution in [0.25, 0.3) is 0 Å². The van der Waals surface area contributed by atoms with E-state index < -0.39 is 11.4 Å². The van der Waals surface area contributed by atoms with Crippen LogP contribution in [0.2, 0.25) is 0 Å². The van der Waals surface area contributed by atoms with Crippen LogP contribution in [0.3, 0.4) is 0 Å². The summed E-state index contributed by atoms with van der Waals surface area (Å²) >= 11 is 1.79. The van der Waals surface area contributed by atoms with Gasteiger partial charge < -0.3 is 15.7 Å². The van der Waals surface area contributed by atoms with Crippen molar-refractivity contribution < 1.29 is 14.7 Å². The molecule has 0 heterocycles.